The molecule has 0 aromatic carbocycles. The van der Waals surface area contributed by atoms with E-state index in [-0.39, 0.29) is 29.9 Å². The number of carbonyl (C=O) groups is 2. The molecule has 1 saturated heterocycles. The lowest BCUT2D eigenvalue weighted by atomic mass is 10.1. The lowest BCUT2D eigenvalue weighted by Gasteiger charge is -2.25. The van der Waals surface area contributed by atoms with Crippen LogP contribution in [0.25, 0.3) is 0 Å². The van der Waals surface area contributed by atoms with Crippen molar-refractivity contribution in [2.75, 3.05) is 13.1 Å². The lowest BCUT2D eigenvalue weighted by molar-refractivity contribution is -0.124. The van der Waals surface area contributed by atoms with Crippen LogP contribution in [-0.4, -0.2) is 42.0 Å². The molecule has 3 amide bonds. The third-order valence-electron chi connectivity index (χ3n) is 3.92. The van der Waals surface area contributed by atoms with Gasteiger partial charge in [0.25, 0.3) is 0 Å². The standard InChI is InChI=1S/C16H25N3O2S/c1-11(2)18-16(21)19-7-4-5-14(19)15(20)17-9-12(3)13-6-8-22-10-13/h6,8,10-12,14H,4-5,7,9H2,1-3H3,(H,17,20)(H,18,21)/t12-,14-/m0/s1. The summed E-state index contributed by atoms with van der Waals surface area (Å²) in [6, 6.07) is 1.68. The number of hydrogen-bond donors (Lipinski definition) is 2. The Hall–Kier alpha value is -1.56. The third kappa shape index (κ3) is 4.22. The van der Waals surface area contributed by atoms with Crippen LogP contribution in [0.2, 0.25) is 0 Å². The molecule has 0 aliphatic carbocycles. The summed E-state index contributed by atoms with van der Waals surface area (Å²) in [6.07, 6.45) is 1.62. The predicted molar refractivity (Wildman–Crippen MR) is 89.1 cm³/mol. The summed E-state index contributed by atoms with van der Waals surface area (Å²) in [5, 5.41) is 10.0. The van der Waals surface area contributed by atoms with E-state index in [4.69, 9.17) is 0 Å². The first-order valence-electron chi connectivity index (χ1n) is 7.86. The molecule has 22 heavy (non-hydrogen) atoms. The van der Waals surface area contributed by atoms with Gasteiger partial charge >= 0.3 is 6.03 Å². The fraction of sp³-hybridized carbons (Fsp3) is 0.625. The molecular formula is C16H25N3O2S. The van der Waals surface area contributed by atoms with Crippen molar-refractivity contribution in [3.05, 3.63) is 22.4 Å². The molecule has 6 heteroatoms. The van der Waals surface area contributed by atoms with Crippen LogP contribution in [0.4, 0.5) is 4.79 Å². The molecule has 0 bridgehead atoms. The predicted octanol–water partition coefficient (Wildman–Crippen LogP) is 2.55. The van der Waals surface area contributed by atoms with E-state index in [2.05, 4.69) is 29.0 Å². The van der Waals surface area contributed by atoms with Gasteiger partial charge in [-0.3, -0.25) is 4.79 Å². The minimum Gasteiger partial charge on any atom is -0.354 e. The van der Waals surface area contributed by atoms with Gasteiger partial charge in [-0.2, -0.15) is 11.3 Å². The van der Waals surface area contributed by atoms with Gasteiger partial charge in [0.15, 0.2) is 0 Å². The summed E-state index contributed by atoms with van der Waals surface area (Å²) in [5.74, 6) is 0.244. The van der Waals surface area contributed by atoms with E-state index in [0.29, 0.717) is 13.1 Å². The maximum atomic E-state index is 12.4. The summed E-state index contributed by atoms with van der Waals surface area (Å²) >= 11 is 1.66. The summed E-state index contributed by atoms with van der Waals surface area (Å²) in [7, 11) is 0. The molecular weight excluding hydrogens is 298 g/mol. The first-order chi connectivity index (χ1) is 10.5. The maximum Gasteiger partial charge on any atom is 0.318 e. The molecule has 0 unspecified atom stereocenters. The van der Waals surface area contributed by atoms with Crippen molar-refractivity contribution in [2.24, 2.45) is 0 Å². The zero-order valence-electron chi connectivity index (χ0n) is 13.5. The molecule has 1 aliphatic rings. The quantitative estimate of drug-likeness (QED) is 0.875. The molecule has 1 aliphatic heterocycles. The second kappa shape index (κ2) is 7.63. The van der Waals surface area contributed by atoms with Gasteiger partial charge in [0.1, 0.15) is 6.04 Å². The molecule has 2 N–H and O–H groups in total. The van der Waals surface area contributed by atoms with Crippen molar-refractivity contribution in [1.82, 2.24) is 15.5 Å². The summed E-state index contributed by atoms with van der Waals surface area (Å²) in [4.78, 5) is 26.2. The van der Waals surface area contributed by atoms with Crippen molar-refractivity contribution < 1.29 is 9.59 Å². The van der Waals surface area contributed by atoms with E-state index in [0.717, 1.165) is 12.8 Å². The Labute approximate surface area is 136 Å². The number of hydrogen-bond acceptors (Lipinski definition) is 3. The van der Waals surface area contributed by atoms with Gasteiger partial charge in [0.05, 0.1) is 0 Å². The Morgan fingerprint density at radius 2 is 2.18 bits per heavy atom. The zero-order valence-corrected chi connectivity index (χ0v) is 14.3. The van der Waals surface area contributed by atoms with Gasteiger partial charge in [-0.1, -0.05) is 6.92 Å². The van der Waals surface area contributed by atoms with E-state index >= 15 is 0 Å². The Morgan fingerprint density at radius 1 is 1.41 bits per heavy atom. The molecule has 2 atom stereocenters. The van der Waals surface area contributed by atoms with Crippen molar-refractivity contribution in [3.63, 3.8) is 0 Å². The molecule has 0 saturated carbocycles. The molecule has 2 heterocycles. The van der Waals surface area contributed by atoms with E-state index < -0.39 is 0 Å². The van der Waals surface area contributed by atoms with Crippen LogP contribution in [0.1, 0.15) is 45.1 Å². The van der Waals surface area contributed by atoms with Crippen LogP contribution in [0, 0.1) is 0 Å². The SMILES string of the molecule is CC(C)NC(=O)N1CCC[C@H]1C(=O)NC[C@H](C)c1ccsc1. The fourth-order valence-corrected chi connectivity index (χ4v) is 3.44. The highest BCUT2D eigenvalue weighted by Gasteiger charge is 2.34. The minimum absolute atomic E-state index is 0.0431. The van der Waals surface area contributed by atoms with Gasteiger partial charge < -0.3 is 15.5 Å². The van der Waals surface area contributed by atoms with Crippen LogP contribution in [0.3, 0.4) is 0 Å². The second-order valence-corrected chi connectivity index (χ2v) is 6.94. The Kier molecular flexibility index (Phi) is 5.83. The first kappa shape index (κ1) is 16.8. The van der Waals surface area contributed by atoms with Crippen LogP contribution in [0.15, 0.2) is 16.8 Å². The second-order valence-electron chi connectivity index (χ2n) is 6.16. The van der Waals surface area contributed by atoms with Crippen LogP contribution in [0.5, 0.6) is 0 Å². The monoisotopic (exact) mass is 323 g/mol. The number of urea groups is 1. The van der Waals surface area contributed by atoms with Gasteiger partial charge in [0, 0.05) is 19.1 Å². The van der Waals surface area contributed by atoms with Crippen molar-refractivity contribution >= 4 is 23.3 Å². The van der Waals surface area contributed by atoms with Crippen LogP contribution >= 0.6 is 11.3 Å². The average Bonchev–Trinajstić information content (AvgIpc) is 3.13. The van der Waals surface area contributed by atoms with Crippen molar-refractivity contribution in [1.29, 1.82) is 0 Å². The molecule has 5 nitrogen and oxygen atoms in total. The maximum absolute atomic E-state index is 12.4. The minimum atomic E-state index is -0.339. The average molecular weight is 323 g/mol. The third-order valence-corrected chi connectivity index (χ3v) is 4.62. The Bertz CT molecular complexity index is 501. The largest absolute Gasteiger partial charge is 0.354 e. The van der Waals surface area contributed by atoms with E-state index in [1.54, 1.807) is 16.2 Å². The molecule has 2 rings (SSSR count). The highest BCUT2D eigenvalue weighted by atomic mass is 32.1. The summed E-state index contributed by atoms with van der Waals surface area (Å²) < 4.78 is 0. The fourth-order valence-electron chi connectivity index (χ4n) is 2.66. The summed E-state index contributed by atoms with van der Waals surface area (Å²) in [5.41, 5.74) is 1.24. The topological polar surface area (TPSA) is 61.4 Å². The van der Waals surface area contributed by atoms with E-state index in [1.165, 1.54) is 5.56 Å². The molecule has 1 aromatic heterocycles. The molecule has 122 valence electrons. The number of amides is 3. The molecule has 1 aromatic rings. The number of nitrogens with zero attached hydrogens (tertiary/aromatic N) is 1. The normalized spacial score (nSPS) is 19.3. The Morgan fingerprint density at radius 3 is 2.82 bits per heavy atom. The van der Waals surface area contributed by atoms with Crippen molar-refractivity contribution in [2.45, 2.75) is 51.6 Å². The van der Waals surface area contributed by atoms with Gasteiger partial charge in [0.2, 0.25) is 5.91 Å². The lowest BCUT2D eigenvalue weighted by Crippen LogP contribution is -2.51. The number of likely N-dealkylation sites (tertiary alicyclic amines) is 1. The Balaban J connectivity index is 1.87. The molecule has 0 radical (unpaired) electrons. The van der Waals surface area contributed by atoms with Gasteiger partial charge in [-0.05, 0) is 55.0 Å². The van der Waals surface area contributed by atoms with E-state index in [9.17, 15) is 9.59 Å². The summed E-state index contributed by atoms with van der Waals surface area (Å²) in [6.45, 7) is 7.19. The highest BCUT2D eigenvalue weighted by molar-refractivity contribution is 7.07. The van der Waals surface area contributed by atoms with E-state index in [1.807, 2.05) is 19.2 Å². The molecule has 1 fully saturated rings. The number of carbonyl (C=O) groups excluding carboxylic acids is 2. The molecule has 0 spiro atoms. The smallest absolute Gasteiger partial charge is 0.318 e. The number of thiophene rings is 1. The van der Waals surface area contributed by atoms with Gasteiger partial charge in [-0.15, -0.1) is 0 Å². The highest BCUT2D eigenvalue weighted by Crippen LogP contribution is 2.19. The first-order valence-corrected chi connectivity index (χ1v) is 8.80. The number of nitrogens with one attached hydrogen (secondary N) is 2. The van der Waals surface area contributed by atoms with Crippen molar-refractivity contribution in [3.8, 4) is 0 Å². The number of rotatable bonds is 5. The zero-order chi connectivity index (χ0) is 16.1. The van der Waals surface area contributed by atoms with Crippen LogP contribution in [-0.2, 0) is 4.79 Å². The van der Waals surface area contributed by atoms with Crippen LogP contribution < -0.4 is 10.6 Å². The van der Waals surface area contributed by atoms with Gasteiger partial charge in [-0.25, -0.2) is 4.79 Å².